The van der Waals surface area contributed by atoms with Crippen molar-refractivity contribution in [2.75, 3.05) is 6.54 Å². The Morgan fingerprint density at radius 2 is 1.75 bits per heavy atom. The Kier molecular flexibility index (Phi) is 5.99. The number of ether oxygens (including phenoxy) is 1. The highest BCUT2D eigenvalue weighted by Crippen LogP contribution is 2.25. The average molecular weight is 327 g/mol. The van der Waals surface area contributed by atoms with Gasteiger partial charge in [0.1, 0.15) is 5.60 Å². The Morgan fingerprint density at radius 3 is 2.38 bits per heavy atom. The second-order valence-electron chi connectivity index (χ2n) is 6.75. The number of amides is 1. The fourth-order valence-corrected chi connectivity index (χ4v) is 2.52. The van der Waals surface area contributed by atoms with Crippen LogP contribution in [0.15, 0.2) is 54.6 Å². The van der Waals surface area contributed by atoms with Gasteiger partial charge in [-0.15, -0.1) is 0 Å². The van der Waals surface area contributed by atoms with Gasteiger partial charge < -0.3 is 15.2 Å². The SMILES string of the molecule is CC(C)(C)OC(=O)NCC(c1ccccc1)c1cccc(CO)c1. The molecule has 0 aromatic heterocycles. The molecule has 1 unspecified atom stereocenters. The molecule has 0 heterocycles. The Morgan fingerprint density at radius 1 is 1.08 bits per heavy atom. The molecule has 4 heteroatoms. The van der Waals surface area contributed by atoms with Crippen molar-refractivity contribution in [2.24, 2.45) is 0 Å². The number of hydrogen-bond acceptors (Lipinski definition) is 3. The predicted molar refractivity (Wildman–Crippen MR) is 94.9 cm³/mol. The molecule has 0 aliphatic heterocycles. The minimum Gasteiger partial charge on any atom is -0.444 e. The molecular weight excluding hydrogens is 302 g/mol. The quantitative estimate of drug-likeness (QED) is 0.877. The number of benzene rings is 2. The third-order valence-corrected chi connectivity index (χ3v) is 3.59. The van der Waals surface area contributed by atoms with E-state index >= 15 is 0 Å². The Hall–Kier alpha value is -2.33. The number of aliphatic hydroxyl groups is 1. The zero-order chi connectivity index (χ0) is 17.6. The van der Waals surface area contributed by atoms with Crippen molar-refractivity contribution in [1.82, 2.24) is 5.32 Å². The zero-order valence-corrected chi connectivity index (χ0v) is 14.5. The molecule has 0 bridgehead atoms. The molecule has 2 aromatic carbocycles. The summed E-state index contributed by atoms with van der Waals surface area (Å²) in [5.41, 5.74) is 2.47. The molecule has 2 aromatic rings. The van der Waals surface area contributed by atoms with Crippen molar-refractivity contribution in [3.05, 3.63) is 71.3 Å². The Bertz CT molecular complexity index is 662. The maximum Gasteiger partial charge on any atom is 0.407 e. The fraction of sp³-hybridized carbons (Fsp3) is 0.350. The van der Waals surface area contributed by atoms with Gasteiger partial charge in [0, 0.05) is 12.5 Å². The first-order valence-electron chi connectivity index (χ1n) is 8.10. The van der Waals surface area contributed by atoms with E-state index in [1.807, 2.05) is 75.4 Å². The van der Waals surface area contributed by atoms with Gasteiger partial charge in [0.05, 0.1) is 6.61 Å². The lowest BCUT2D eigenvalue weighted by molar-refractivity contribution is 0.0526. The van der Waals surface area contributed by atoms with Crippen LogP contribution in [-0.2, 0) is 11.3 Å². The molecule has 24 heavy (non-hydrogen) atoms. The average Bonchev–Trinajstić information content (AvgIpc) is 2.54. The lowest BCUT2D eigenvalue weighted by atomic mass is 9.90. The lowest BCUT2D eigenvalue weighted by Crippen LogP contribution is -2.35. The van der Waals surface area contributed by atoms with Gasteiger partial charge in [-0.1, -0.05) is 54.6 Å². The van der Waals surface area contributed by atoms with E-state index in [0.717, 1.165) is 16.7 Å². The maximum absolute atomic E-state index is 12.0. The van der Waals surface area contributed by atoms with Crippen LogP contribution < -0.4 is 5.32 Å². The largest absolute Gasteiger partial charge is 0.444 e. The van der Waals surface area contributed by atoms with Gasteiger partial charge in [0.2, 0.25) is 0 Å². The summed E-state index contributed by atoms with van der Waals surface area (Å²) < 4.78 is 5.31. The second-order valence-corrected chi connectivity index (χ2v) is 6.75. The third-order valence-electron chi connectivity index (χ3n) is 3.59. The number of nitrogens with one attached hydrogen (secondary N) is 1. The van der Waals surface area contributed by atoms with E-state index in [2.05, 4.69) is 5.32 Å². The highest BCUT2D eigenvalue weighted by atomic mass is 16.6. The van der Waals surface area contributed by atoms with Crippen molar-refractivity contribution >= 4 is 6.09 Å². The molecule has 0 fully saturated rings. The first kappa shape index (κ1) is 18.0. The molecule has 0 radical (unpaired) electrons. The molecule has 4 nitrogen and oxygen atoms in total. The first-order valence-corrected chi connectivity index (χ1v) is 8.10. The van der Waals surface area contributed by atoms with E-state index < -0.39 is 11.7 Å². The number of carbonyl (C=O) groups is 1. The molecule has 0 saturated carbocycles. The summed E-state index contributed by atoms with van der Waals surface area (Å²) in [6.45, 7) is 5.94. The van der Waals surface area contributed by atoms with Crippen LogP contribution in [0.4, 0.5) is 4.79 Å². The van der Waals surface area contributed by atoms with E-state index in [0.29, 0.717) is 6.54 Å². The summed E-state index contributed by atoms with van der Waals surface area (Å²) in [5.74, 6) is -0.00906. The topological polar surface area (TPSA) is 58.6 Å². The first-order chi connectivity index (χ1) is 11.4. The third kappa shape index (κ3) is 5.39. The second kappa shape index (κ2) is 7.97. The van der Waals surface area contributed by atoms with Gasteiger partial charge in [-0.3, -0.25) is 0 Å². The summed E-state index contributed by atoms with van der Waals surface area (Å²) in [6, 6.07) is 17.8. The van der Waals surface area contributed by atoms with Crippen LogP contribution >= 0.6 is 0 Å². The number of rotatable bonds is 5. The van der Waals surface area contributed by atoms with Gasteiger partial charge in [-0.05, 0) is 37.5 Å². The van der Waals surface area contributed by atoms with Crippen LogP contribution in [0.2, 0.25) is 0 Å². The normalized spacial score (nSPS) is 12.5. The monoisotopic (exact) mass is 327 g/mol. The number of hydrogen-bond donors (Lipinski definition) is 2. The molecule has 0 spiro atoms. The van der Waals surface area contributed by atoms with Crippen molar-refractivity contribution in [3.8, 4) is 0 Å². The van der Waals surface area contributed by atoms with Crippen molar-refractivity contribution in [1.29, 1.82) is 0 Å². The van der Waals surface area contributed by atoms with E-state index in [-0.39, 0.29) is 12.5 Å². The van der Waals surface area contributed by atoms with E-state index in [1.54, 1.807) is 0 Å². The summed E-state index contributed by atoms with van der Waals surface area (Å²) in [7, 11) is 0. The summed E-state index contributed by atoms with van der Waals surface area (Å²) in [6.07, 6.45) is -0.429. The number of aliphatic hydroxyl groups excluding tert-OH is 1. The van der Waals surface area contributed by atoms with Crippen LogP contribution in [0.25, 0.3) is 0 Å². The van der Waals surface area contributed by atoms with Gasteiger partial charge in [0.15, 0.2) is 0 Å². The van der Waals surface area contributed by atoms with E-state index in [4.69, 9.17) is 4.74 Å². The van der Waals surface area contributed by atoms with Gasteiger partial charge in [0.25, 0.3) is 0 Å². The van der Waals surface area contributed by atoms with Gasteiger partial charge in [-0.25, -0.2) is 4.79 Å². The Balaban J connectivity index is 2.19. The van der Waals surface area contributed by atoms with Crippen LogP contribution in [0.1, 0.15) is 43.4 Å². The van der Waals surface area contributed by atoms with E-state index in [9.17, 15) is 9.90 Å². The molecule has 0 saturated heterocycles. The maximum atomic E-state index is 12.0. The highest BCUT2D eigenvalue weighted by molar-refractivity contribution is 5.67. The smallest absolute Gasteiger partial charge is 0.407 e. The standard InChI is InChI=1S/C20H25NO3/c1-20(2,3)24-19(23)21-13-18(16-9-5-4-6-10-16)17-11-7-8-15(12-17)14-22/h4-12,18,22H,13-14H2,1-3H3,(H,21,23). The van der Waals surface area contributed by atoms with Crippen LogP contribution in [0.5, 0.6) is 0 Å². The summed E-state index contributed by atoms with van der Waals surface area (Å²) in [5, 5.41) is 12.2. The van der Waals surface area contributed by atoms with Gasteiger partial charge >= 0.3 is 6.09 Å². The zero-order valence-electron chi connectivity index (χ0n) is 14.5. The Labute approximate surface area is 143 Å². The molecule has 0 aliphatic rings. The van der Waals surface area contributed by atoms with Crippen molar-refractivity contribution in [2.45, 2.75) is 38.9 Å². The van der Waals surface area contributed by atoms with Gasteiger partial charge in [-0.2, -0.15) is 0 Å². The molecule has 1 atom stereocenters. The molecule has 2 N–H and O–H groups in total. The lowest BCUT2D eigenvalue weighted by Gasteiger charge is -2.23. The van der Waals surface area contributed by atoms with Crippen molar-refractivity contribution < 1.29 is 14.6 Å². The van der Waals surface area contributed by atoms with Crippen LogP contribution in [-0.4, -0.2) is 23.3 Å². The highest BCUT2D eigenvalue weighted by Gasteiger charge is 2.19. The van der Waals surface area contributed by atoms with Crippen LogP contribution in [0, 0.1) is 0 Å². The van der Waals surface area contributed by atoms with E-state index in [1.165, 1.54) is 0 Å². The fourth-order valence-electron chi connectivity index (χ4n) is 2.52. The van der Waals surface area contributed by atoms with Crippen LogP contribution in [0.3, 0.4) is 0 Å². The number of carbonyl (C=O) groups excluding carboxylic acids is 1. The number of alkyl carbamates (subject to hydrolysis) is 1. The molecule has 128 valence electrons. The van der Waals surface area contributed by atoms with Crippen molar-refractivity contribution in [3.63, 3.8) is 0 Å². The molecule has 1 amide bonds. The molecular formula is C20H25NO3. The predicted octanol–water partition coefficient (Wildman–Crippen LogP) is 3.84. The minimum atomic E-state index is -0.525. The molecule has 2 rings (SSSR count). The minimum absolute atomic E-state index is 0.00512. The summed E-state index contributed by atoms with van der Waals surface area (Å²) >= 11 is 0. The summed E-state index contributed by atoms with van der Waals surface area (Å²) in [4.78, 5) is 12.0. The molecule has 0 aliphatic carbocycles.